The third-order valence-corrected chi connectivity index (χ3v) is 1.80. The van der Waals surface area contributed by atoms with E-state index in [0.29, 0.717) is 0 Å². The van der Waals surface area contributed by atoms with Gasteiger partial charge in [-0.15, -0.1) is 0 Å². The van der Waals surface area contributed by atoms with Crippen LogP contribution in [-0.2, 0) is 11.3 Å². The molecule has 0 aliphatic heterocycles. The Balaban J connectivity index is 3.28. The van der Waals surface area contributed by atoms with Crippen molar-refractivity contribution in [1.29, 1.82) is 0 Å². The first-order chi connectivity index (χ1) is 5.99. The van der Waals surface area contributed by atoms with Crippen LogP contribution in [0, 0.1) is 0 Å². The first-order valence-corrected chi connectivity index (χ1v) is 3.74. The predicted octanol–water partition coefficient (Wildman–Crippen LogP) is 3.14. The molecule has 0 saturated heterocycles. The minimum atomic E-state index is -1.95. The molecule has 0 unspecified atom stereocenters. The van der Waals surface area contributed by atoms with E-state index in [1.165, 1.54) is 7.11 Å². The van der Waals surface area contributed by atoms with Gasteiger partial charge in [-0.2, -0.15) is 0 Å². The summed E-state index contributed by atoms with van der Waals surface area (Å²) < 4.78 is 19.6. The highest BCUT2D eigenvalue weighted by molar-refractivity contribution is 6.35. The molecule has 60 valence electrons. The molecule has 1 nitrogen and oxygen atoms in total. The number of rotatable bonds is 2. The van der Waals surface area contributed by atoms with Crippen molar-refractivity contribution < 1.29 is 7.48 Å². The van der Waals surface area contributed by atoms with Gasteiger partial charge in [0, 0.05) is 22.7 Å². The lowest BCUT2D eigenvalue weighted by atomic mass is 10.2. The van der Waals surface area contributed by atoms with E-state index < -0.39 is 6.56 Å². The van der Waals surface area contributed by atoms with Crippen molar-refractivity contribution in [2.45, 2.75) is 6.56 Å². The molecule has 0 aliphatic carbocycles. The number of hydrogen-bond acceptors (Lipinski definition) is 1. The van der Waals surface area contributed by atoms with Crippen LogP contribution in [0.3, 0.4) is 0 Å². The van der Waals surface area contributed by atoms with Gasteiger partial charge in [0.25, 0.3) is 0 Å². The van der Waals surface area contributed by atoms with E-state index in [2.05, 4.69) is 4.74 Å². The molecule has 0 aliphatic rings. The average Bonchev–Trinajstić information content (AvgIpc) is 2.03. The van der Waals surface area contributed by atoms with Gasteiger partial charge < -0.3 is 4.74 Å². The summed E-state index contributed by atoms with van der Waals surface area (Å²) >= 11 is 11.6. The molecule has 0 N–H and O–H groups in total. The first-order valence-electron chi connectivity index (χ1n) is 3.98. The van der Waals surface area contributed by atoms with E-state index in [4.69, 9.17) is 25.9 Å². The minimum Gasteiger partial charge on any atom is -0.380 e. The Kier molecular flexibility index (Phi) is 2.26. The quantitative estimate of drug-likeness (QED) is 0.700. The minimum absolute atomic E-state index is 0.167. The van der Waals surface area contributed by atoms with Gasteiger partial charge >= 0.3 is 0 Å². The van der Waals surface area contributed by atoms with E-state index in [1.807, 2.05) is 0 Å². The molecule has 11 heavy (non-hydrogen) atoms. The fourth-order valence-corrected chi connectivity index (χ4v) is 1.17. The second-order valence-electron chi connectivity index (χ2n) is 1.90. The van der Waals surface area contributed by atoms with E-state index >= 15 is 0 Å². The SMILES string of the molecule is [2H]C([2H])(OC)c1c(Cl)cccc1Cl. The van der Waals surface area contributed by atoms with Crippen LogP contribution >= 0.6 is 23.2 Å². The van der Waals surface area contributed by atoms with Gasteiger partial charge in [0.15, 0.2) is 0 Å². The van der Waals surface area contributed by atoms with Crippen LogP contribution < -0.4 is 0 Å². The van der Waals surface area contributed by atoms with Crippen LogP contribution in [0.5, 0.6) is 0 Å². The average molecular weight is 193 g/mol. The van der Waals surface area contributed by atoms with Crippen molar-refractivity contribution in [3.63, 3.8) is 0 Å². The Morgan fingerprint density at radius 1 is 1.45 bits per heavy atom. The van der Waals surface area contributed by atoms with Crippen molar-refractivity contribution in [1.82, 2.24) is 0 Å². The van der Waals surface area contributed by atoms with E-state index in [0.717, 1.165) is 0 Å². The van der Waals surface area contributed by atoms with Crippen molar-refractivity contribution >= 4 is 23.2 Å². The zero-order valence-corrected chi connectivity index (χ0v) is 7.41. The summed E-state index contributed by atoms with van der Waals surface area (Å²) in [4.78, 5) is 0. The molecule has 0 heterocycles. The highest BCUT2D eigenvalue weighted by Gasteiger charge is 2.03. The largest absolute Gasteiger partial charge is 0.380 e. The highest BCUT2D eigenvalue weighted by atomic mass is 35.5. The Bertz CT molecular complexity index is 295. The first kappa shape index (κ1) is 6.30. The topological polar surface area (TPSA) is 9.23 Å². The molecule has 0 bridgehead atoms. The predicted molar refractivity (Wildman–Crippen MR) is 47.2 cm³/mol. The molecule has 0 aromatic heterocycles. The maximum Gasteiger partial charge on any atom is 0.0742 e. The number of benzene rings is 1. The van der Waals surface area contributed by atoms with Crippen molar-refractivity contribution in [3.05, 3.63) is 33.8 Å². The van der Waals surface area contributed by atoms with E-state index in [9.17, 15) is 0 Å². The lowest BCUT2D eigenvalue weighted by Crippen LogP contribution is -1.89. The fourth-order valence-electron chi connectivity index (χ4n) is 0.697. The van der Waals surface area contributed by atoms with Crippen LogP contribution in [0.15, 0.2) is 18.2 Å². The maximum atomic E-state index is 7.47. The Morgan fingerprint density at radius 3 is 2.45 bits per heavy atom. The summed E-state index contributed by atoms with van der Waals surface area (Å²) in [6, 6.07) is 4.79. The molecule has 0 radical (unpaired) electrons. The van der Waals surface area contributed by atoms with Gasteiger partial charge in [-0.05, 0) is 12.1 Å². The second-order valence-corrected chi connectivity index (χ2v) is 2.72. The van der Waals surface area contributed by atoms with Crippen LogP contribution in [0.25, 0.3) is 0 Å². The number of ether oxygens (including phenoxy) is 1. The Morgan fingerprint density at radius 2 is 2.00 bits per heavy atom. The van der Waals surface area contributed by atoms with Crippen molar-refractivity contribution in [3.8, 4) is 0 Å². The van der Waals surface area contributed by atoms with Crippen molar-refractivity contribution in [2.75, 3.05) is 7.11 Å². The van der Waals surface area contributed by atoms with Crippen LogP contribution in [0.1, 0.15) is 8.30 Å². The smallest absolute Gasteiger partial charge is 0.0742 e. The molecule has 3 heteroatoms. The summed E-state index contributed by atoms with van der Waals surface area (Å²) in [7, 11) is 1.26. The van der Waals surface area contributed by atoms with Gasteiger partial charge in [-0.25, -0.2) is 0 Å². The molecule has 0 saturated carbocycles. The summed E-state index contributed by atoms with van der Waals surface area (Å²) in [6.07, 6.45) is 0. The maximum absolute atomic E-state index is 7.47. The molecule has 1 rings (SSSR count). The van der Waals surface area contributed by atoms with Gasteiger partial charge in [0.05, 0.1) is 9.30 Å². The van der Waals surface area contributed by atoms with Gasteiger partial charge in [0.2, 0.25) is 0 Å². The monoisotopic (exact) mass is 192 g/mol. The molecule has 0 fully saturated rings. The Labute approximate surface area is 78.7 Å². The number of methoxy groups -OCH3 is 1. The highest BCUT2D eigenvalue weighted by Crippen LogP contribution is 2.24. The van der Waals surface area contributed by atoms with E-state index in [1.54, 1.807) is 18.2 Å². The number of halogens is 2. The number of hydrogen-bond donors (Lipinski definition) is 0. The molecule has 1 aromatic carbocycles. The molecule has 0 amide bonds. The normalized spacial score (nSPS) is 14.1. The molecule has 1 aromatic rings. The van der Waals surface area contributed by atoms with E-state index in [-0.39, 0.29) is 15.6 Å². The third kappa shape index (κ3) is 2.09. The fraction of sp³-hybridized carbons (Fsp3) is 0.250. The molecular formula is C8H8Cl2O. The lowest BCUT2D eigenvalue weighted by Gasteiger charge is -2.03. The molecule has 0 spiro atoms. The Hall–Kier alpha value is -0.240. The zero-order chi connectivity index (χ0) is 10.1. The van der Waals surface area contributed by atoms with Gasteiger partial charge in [0.1, 0.15) is 0 Å². The zero-order valence-electron chi connectivity index (χ0n) is 7.90. The summed E-state index contributed by atoms with van der Waals surface area (Å²) in [5, 5.41) is 0.527. The third-order valence-electron chi connectivity index (χ3n) is 1.17. The summed E-state index contributed by atoms with van der Waals surface area (Å²) in [5.41, 5.74) is 0.167. The van der Waals surface area contributed by atoms with Crippen LogP contribution in [-0.4, -0.2) is 7.11 Å². The summed E-state index contributed by atoms with van der Waals surface area (Å²) in [6.45, 7) is -1.95. The molecule has 0 atom stereocenters. The molecular weight excluding hydrogens is 183 g/mol. The standard InChI is InChI=1S/C8H8Cl2O/c1-11-5-6-7(9)3-2-4-8(6)10/h2-4H,5H2,1H3/i5D2. The summed E-state index contributed by atoms with van der Waals surface area (Å²) in [5.74, 6) is 0. The van der Waals surface area contributed by atoms with Gasteiger partial charge in [-0.1, -0.05) is 29.3 Å². The second kappa shape index (κ2) is 3.96. The van der Waals surface area contributed by atoms with Crippen LogP contribution in [0.2, 0.25) is 10.0 Å². The van der Waals surface area contributed by atoms with Gasteiger partial charge in [-0.3, -0.25) is 0 Å². The lowest BCUT2D eigenvalue weighted by molar-refractivity contribution is 0.185. The van der Waals surface area contributed by atoms with Crippen molar-refractivity contribution in [2.24, 2.45) is 0 Å². The van der Waals surface area contributed by atoms with Crippen LogP contribution in [0.4, 0.5) is 0 Å².